The van der Waals surface area contributed by atoms with Crippen molar-refractivity contribution in [2.75, 3.05) is 0 Å². The molecule has 45 heavy (non-hydrogen) atoms. The van der Waals surface area contributed by atoms with Gasteiger partial charge in [0.2, 0.25) is 0 Å². The van der Waals surface area contributed by atoms with Crippen LogP contribution >= 0.6 is 0 Å². The number of ether oxygens (including phenoxy) is 2. The molecular formula is C36H55NO8. The zero-order valence-corrected chi connectivity index (χ0v) is 28.4. The van der Waals surface area contributed by atoms with Crippen LogP contribution in [0.15, 0.2) is 5.16 Å². The van der Waals surface area contributed by atoms with Gasteiger partial charge in [0, 0.05) is 26.2 Å². The van der Waals surface area contributed by atoms with Gasteiger partial charge in [-0.05, 0) is 113 Å². The molecule has 4 bridgehead atoms. The summed E-state index contributed by atoms with van der Waals surface area (Å²) in [7, 11) is 0. The van der Waals surface area contributed by atoms with Gasteiger partial charge >= 0.3 is 5.97 Å². The van der Waals surface area contributed by atoms with E-state index in [1.54, 1.807) is 0 Å². The Labute approximate surface area is 268 Å². The molecule has 0 amide bonds. The quantitative estimate of drug-likeness (QED) is 0.147. The van der Waals surface area contributed by atoms with Gasteiger partial charge in [0.05, 0.1) is 24.0 Å². The Hall–Kier alpha value is -1.10. The standard InChI is InChI=1S/C36H55NO8/c1-19-8-10-26-21(3)29(39-30-17-33(6)14-12-24(19)35(26,30)44-42-33)16-28(37-41-23(5)38)32-22(4)27-11-9-20(2)25-13-15-34(7)18-31(40-32)36(25,27)45-43-34/h19-22,24-27,29-32H,8-18H2,1-7H3/b37-28-/t19-,20-,21-,22-,24+,25+,26+,27+,29-,30-,31-,32+,33-,34-,35-,36-/m1/s1. The molecule has 0 radical (unpaired) electrons. The Kier molecular flexibility index (Phi) is 7.41. The second-order valence-electron chi connectivity index (χ2n) is 17.3. The molecule has 6 heterocycles. The molecule has 0 unspecified atom stereocenters. The second-order valence-corrected chi connectivity index (χ2v) is 17.3. The van der Waals surface area contributed by atoms with E-state index in [1.807, 2.05) is 0 Å². The van der Waals surface area contributed by atoms with Gasteiger partial charge in [-0.1, -0.05) is 32.9 Å². The minimum atomic E-state index is -0.447. The number of oxime groups is 1. The van der Waals surface area contributed by atoms with E-state index in [-0.39, 0.29) is 53.4 Å². The van der Waals surface area contributed by atoms with Crippen molar-refractivity contribution in [3.63, 3.8) is 0 Å². The van der Waals surface area contributed by atoms with Crippen LogP contribution in [-0.4, -0.2) is 58.5 Å². The summed E-state index contributed by atoms with van der Waals surface area (Å²) >= 11 is 0. The summed E-state index contributed by atoms with van der Waals surface area (Å²) in [4.78, 5) is 43.1. The summed E-state index contributed by atoms with van der Waals surface area (Å²) in [5.41, 5.74) is -0.769. The Morgan fingerprint density at radius 1 is 0.711 bits per heavy atom. The largest absolute Gasteiger partial charge is 0.371 e. The van der Waals surface area contributed by atoms with E-state index in [9.17, 15) is 4.79 Å². The summed E-state index contributed by atoms with van der Waals surface area (Å²) < 4.78 is 14.4. The number of nitrogens with zero attached hydrogens (tertiary/aromatic N) is 1. The number of fused-ring (bicyclic) bond motifs is 4. The molecule has 4 saturated carbocycles. The van der Waals surface area contributed by atoms with Gasteiger partial charge in [0.1, 0.15) is 28.5 Å². The first-order valence-corrected chi connectivity index (χ1v) is 18.2. The highest BCUT2D eigenvalue weighted by Crippen LogP contribution is 2.63. The first-order valence-electron chi connectivity index (χ1n) is 18.2. The lowest BCUT2D eigenvalue weighted by molar-refractivity contribution is -0.487. The normalized spacial score (nSPS) is 56.9. The van der Waals surface area contributed by atoms with Crippen molar-refractivity contribution in [1.82, 2.24) is 0 Å². The van der Waals surface area contributed by atoms with Crippen molar-refractivity contribution in [3.8, 4) is 0 Å². The molecule has 0 aromatic heterocycles. The van der Waals surface area contributed by atoms with E-state index in [4.69, 9.17) is 33.9 Å². The number of carbonyl (C=O) groups excluding carboxylic acids is 1. The zero-order chi connectivity index (χ0) is 31.5. The van der Waals surface area contributed by atoms with Gasteiger partial charge in [-0.25, -0.2) is 24.3 Å². The first kappa shape index (κ1) is 31.2. The molecule has 4 aliphatic carbocycles. The van der Waals surface area contributed by atoms with Crippen LogP contribution in [0.25, 0.3) is 0 Å². The minimum Gasteiger partial charge on any atom is -0.371 e. The summed E-state index contributed by atoms with van der Waals surface area (Å²) in [6.45, 7) is 15.1. The third kappa shape index (κ3) is 4.53. The highest BCUT2D eigenvalue weighted by Gasteiger charge is 2.70. The van der Waals surface area contributed by atoms with Crippen LogP contribution in [0.3, 0.4) is 0 Å². The fourth-order valence-corrected chi connectivity index (χ4v) is 12.1. The van der Waals surface area contributed by atoms with Crippen LogP contribution < -0.4 is 0 Å². The molecule has 10 aliphatic rings. The number of rotatable bonds is 4. The number of carbonyl (C=O) groups is 1. The molecule has 6 saturated heterocycles. The lowest BCUT2D eigenvalue weighted by Crippen LogP contribution is -2.71. The molecular weight excluding hydrogens is 574 g/mol. The SMILES string of the molecule is CC(=O)O/N=C(/C[C@H]1O[C@@H]2C[C@@]3(C)CC[C@H]4[C@H](C)CC[C@@H]([C@H]1C)[C@@]24OO3)[C@H]1O[C@@H]2C[C@@]3(C)CC[C@H]4[C@H](C)CC[C@@H]([C@H]1C)[C@@]24OO3. The highest BCUT2D eigenvalue weighted by molar-refractivity contribution is 5.90. The summed E-state index contributed by atoms with van der Waals surface area (Å²) in [5.74, 6) is 2.48. The molecule has 6 aliphatic heterocycles. The number of hydrogen-bond donors (Lipinski definition) is 0. The van der Waals surface area contributed by atoms with Crippen molar-refractivity contribution >= 4 is 11.7 Å². The fourth-order valence-electron chi connectivity index (χ4n) is 12.1. The molecule has 252 valence electrons. The molecule has 0 aromatic rings. The van der Waals surface area contributed by atoms with Crippen LogP contribution in [0, 0.1) is 47.3 Å². The maximum absolute atomic E-state index is 12.1. The van der Waals surface area contributed by atoms with Crippen molar-refractivity contribution in [3.05, 3.63) is 0 Å². The predicted octanol–water partition coefficient (Wildman–Crippen LogP) is 6.71. The van der Waals surface area contributed by atoms with Crippen molar-refractivity contribution < 1.29 is 38.7 Å². The maximum Gasteiger partial charge on any atom is 0.331 e. The van der Waals surface area contributed by atoms with Gasteiger partial charge in [-0.2, -0.15) is 0 Å². The van der Waals surface area contributed by atoms with Crippen LogP contribution in [0.4, 0.5) is 0 Å². The van der Waals surface area contributed by atoms with E-state index < -0.39 is 17.2 Å². The lowest BCUT2D eigenvalue weighted by Gasteiger charge is -2.62. The topological polar surface area (TPSA) is 94.0 Å². The van der Waals surface area contributed by atoms with Gasteiger partial charge in [0.25, 0.3) is 0 Å². The maximum atomic E-state index is 12.1. The van der Waals surface area contributed by atoms with Crippen molar-refractivity contribution in [2.45, 2.75) is 166 Å². The van der Waals surface area contributed by atoms with Gasteiger partial charge in [0.15, 0.2) is 0 Å². The van der Waals surface area contributed by atoms with E-state index >= 15 is 0 Å². The number of hydrogen-bond acceptors (Lipinski definition) is 9. The molecule has 0 N–H and O–H groups in total. The van der Waals surface area contributed by atoms with Gasteiger partial charge in [-0.3, -0.25) is 0 Å². The third-order valence-electron chi connectivity index (χ3n) is 14.6. The van der Waals surface area contributed by atoms with Crippen LogP contribution in [0.5, 0.6) is 0 Å². The zero-order valence-electron chi connectivity index (χ0n) is 28.4. The Morgan fingerprint density at radius 2 is 1.24 bits per heavy atom. The second kappa shape index (κ2) is 10.7. The van der Waals surface area contributed by atoms with E-state index in [2.05, 4.69) is 46.7 Å². The van der Waals surface area contributed by atoms with Gasteiger partial charge < -0.3 is 14.3 Å². The monoisotopic (exact) mass is 629 g/mol. The Bertz CT molecular complexity index is 1230. The Balaban J connectivity index is 1.12. The van der Waals surface area contributed by atoms with Crippen LogP contribution in [0.2, 0.25) is 0 Å². The van der Waals surface area contributed by atoms with E-state index in [1.165, 1.54) is 19.8 Å². The third-order valence-corrected chi connectivity index (χ3v) is 14.6. The van der Waals surface area contributed by atoms with E-state index in [0.29, 0.717) is 36.0 Å². The Morgan fingerprint density at radius 3 is 1.80 bits per heavy atom. The molecule has 2 spiro atoms. The average Bonchev–Trinajstić information content (AvgIpc) is 3.37. The lowest BCUT2D eigenvalue weighted by atomic mass is 9.55. The molecule has 9 heteroatoms. The highest BCUT2D eigenvalue weighted by atomic mass is 17.2. The molecule has 9 nitrogen and oxygen atoms in total. The molecule has 10 fully saturated rings. The summed E-state index contributed by atoms with van der Waals surface area (Å²) in [6.07, 6.45) is 10.4. The first-order chi connectivity index (χ1) is 21.4. The minimum absolute atomic E-state index is 0.0377. The van der Waals surface area contributed by atoms with Crippen molar-refractivity contribution in [1.29, 1.82) is 0 Å². The summed E-state index contributed by atoms with van der Waals surface area (Å²) in [6, 6.07) is 0. The predicted molar refractivity (Wildman–Crippen MR) is 165 cm³/mol. The molecule has 0 aromatic carbocycles. The van der Waals surface area contributed by atoms with Crippen LogP contribution in [0.1, 0.15) is 119 Å². The van der Waals surface area contributed by atoms with Crippen LogP contribution in [-0.2, 0) is 38.7 Å². The fraction of sp³-hybridized carbons (Fsp3) is 0.944. The smallest absolute Gasteiger partial charge is 0.331 e. The summed E-state index contributed by atoms with van der Waals surface area (Å²) in [5, 5.41) is 4.59. The van der Waals surface area contributed by atoms with Gasteiger partial charge in [-0.15, -0.1) is 0 Å². The van der Waals surface area contributed by atoms with E-state index in [0.717, 1.165) is 57.1 Å². The molecule has 16 atom stereocenters. The molecule has 10 rings (SSSR count). The average molecular weight is 630 g/mol. The van der Waals surface area contributed by atoms with Crippen molar-refractivity contribution in [2.24, 2.45) is 52.5 Å².